The third kappa shape index (κ3) is 2.14. The normalized spacial score (nSPS) is 44.0. The van der Waals surface area contributed by atoms with Gasteiger partial charge in [-0.25, -0.2) is 0 Å². The molecule has 2 aliphatic heterocycles. The Hall–Kier alpha value is -0.350. The lowest BCUT2D eigenvalue weighted by molar-refractivity contribution is -0.150. The number of fused-ring (bicyclic) bond motifs is 1. The SMILES string of the molecule is C=C[C@]1(C)C[C@H]([C@@]2(C)C3=C(CC[C@@H]2C)CCC32SCCS2)OC1=O. The molecule has 4 atom stereocenters. The molecule has 0 aromatic carbocycles. The summed E-state index contributed by atoms with van der Waals surface area (Å²) in [4.78, 5) is 12.5. The Morgan fingerprint density at radius 3 is 2.58 bits per heavy atom. The van der Waals surface area contributed by atoms with E-state index in [0.717, 1.165) is 6.42 Å². The molecule has 4 heteroatoms. The van der Waals surface area contributed by atoms with Gasteiger partial charge in [0.15, 0.2) is 0 Å². The third-order valence-corrected chi connectivity index (χ3v) is 10.7. The fraction of sp³-hybridized carbons (Fsp3) is 0.750. The van der Waals surface area contributed by atoms with E-state index in [1.165, 1.54) is 37.2 Å². The van der Waals surface area contributed by atoms with Crippen LogP contribution in [0.25, 0.3) is 0 Å². The third-order valence-electron chi connectivity index (χ3n) is 7.13. The first-order valence-electron chi connectivity index (χ1n) is 9.21. The molecule has 0 radical (unpaired) electrons. The second-order valence-electron chi connectivity index (χ2n) is 8.37. The summed E-state index contributed by atoms with van der Waals surface area (Å²) >= 11 is 4.30. The lowest BCUT2D eigenvalue weighted by Gasteiger charge is -2.49. The van der Waals surface area contributed by atoms with E-state index in [1.54, 1.807) is 17.2 Å². The Bertz CT molecular complexity index is 619. The molecular weight excluding hydrogens is 336 g/mol. The van der Waals surface area contributed by atoms with Gasteiger partial charge in [-0.05, 0) is 44.1 Å². The summed E-state index contributed by atoms with van der Waals surface area (Å²) < 4.78 is 6.29. The van der Waals surface area contributed by atoms with Crippen molar-refractivity contribution in [2.45, 2.75) is 63.1 Å². The molecular formula is C20H28O2S2. The van der Waals surface area contributed by atoms with Crippen molar-refractivity contribution in [1.82, 2.24) is 0 Å². The summed E-state index contributed by atoms with van der Waals surface area (Å²) in [6.45, 7) is 10.7. The molecule has 0 saturated carbocycles. The van der Waals surface area contributed by atoms with E-state index in [-0.39, 0.29) is 21.6 Å². The number of esters is 1. The van der Waals surface area contributed by atoms with Crippen LogP contribution in [0.4, 0.5) is 0 Å². The van der Waals surface area contributed by atoms with E-state index in [2.05, 4.69) is 44.0 Å². The molecule has 4 aliphatic rings. The number of hydrogen-bond donors (Lipinski definition) is 0. The van der Waals surface area contributed by atoms with E-state index in [0.29, 0.717) is 5.92 Å². The molecule has 0 aromatic heterocycles. The summed E-state index contributed by atoms with van der Waals surface area (Å²) in [7, 11) is 0. The molecule has 2 heterocycles. The van der Waals surface area contributed by atoms with Crippen molar-refractivity contribution in [2.24, 2.45) is 16.7 Å². The number of carbonyl (C=O) groups excluding carboxylic acids is 1. The lowest BCUT2D eigenvalue weighted by atomic mass is 9.60. The van der Waals surface area contributed by atoms with Gasteiger partial charge in [-0.2, -0.15) is 0 Å². The molecule has 0 amide bonds. The summed E-state index contributed by atoms with van der Waals surface area (Å²) in [6, 6.07) is 0. The minimum Gasteiger partial charge on any atom is -0.461 e. The average molecular weight is 365 g/mol. The number of carbonyl (C=O) groups is 1. The Balaban J connectivity index is 1.78. The predicted octanol–water partition coefficient (Wildman–Crippen LogP) is 5.20. The predicted molar refractivity (Wildman–Crippen MR) is 103 cm³/mol. The van der Waals surface area contributed by atoms with Crippen molar-refractivity contribution in [3.8, 4) is 0 Å². The minimum atomic E-state index is -0.521. The van der Waals surface area contributed by atoms with Crippen molar-refractivity contribution >= 4 is 29.5 Å². The molecule has 2 aliphatic carbocycles. The van der Waals surface area contributed by atoms with Gasteiger partial charge < -0.3 is 4.74 Å². The van der Waals surface area contributed by atoms with E-state index in [4.69, 9.17) is 4.74 Å². The van der Waals surface area contributed by atoms with Gasteiger partial charge in [0.1, 0.15) is 6.10 Å². The molecule has 2 fully saturated rings. The highest BCUT2D eigenvalue weighted by Crippen LogP contribution is 2.67. The highest BCUT2D eigenvalue weighted by atomic mass is 32.2. The van der Waals surface area contributed by atoms with Crippen LogP contribution < -0.4 is 0 Å². The van der Waals surface area contributed by atoms with Crippen molar-refractivity contribution in [1.29, 1.82) is 0 Å². The molecule has 0 unspecified atom stereocenters. The fourth-order valence-corrected chi connectivity index (χ4v) is 8.98. The zero-order valence-electron chi connectivity index (χ0n) is 15.0. The van der Waals surface area contributed by atoms with E-state index in [1.807, 2.05) is 6.92 Å². The van der Waals surface area contributed by atoms with Gasteiger partial charge in [-0.15, -0.1) is 30.1 Å². The summed E-state index contributed by atoms with van der Waals surface area (Å²) in [5.74, 6) is 2.97. The molecule has 2 nitrogen and oxygen atoms in total. The zero-order chi connectivity index (χ0) is 17.2. The first-order chi connectivity index (χ1) is 11.4. The van der Waals surface area contributed by atoms with Crippen molar-refractivity contribution < 1.29 is 9.53 Å². The first kappa shape index (κ1) is 17.1. The highest BCUT2D eigenvalue weighted by Gasteiger charge is 2.61. The quantitative estimate of drug-likeness (QED) is 0.497. The van der Waals surface area contributed by atoms with Crippen LogP contribution in [0, 0.1) is 16.7 Å². The second kappa shape index (κ2) is 5.57. The minimum absolute atomic E-state index is 0.00919. The smallest absolute Gasteiger partial charge is 0.316 e. The van der Waals surface area contributed by atoms with E-state index < -0.39 is 5.41 Å². The Kier molecular flexibility index (Phi) is 3.97. The standard InChI is InChI=1S/C20H28O2S2/c1-5-18(3)12-15(22-17(18)21)19(4)13(2)6-7-14-8-9-20(16(14)19)23-10-11-24-20/h5,13,15H,1,6-12H2,2-4H3/t13-,15+,18+,19-/m0/s1. The number of hydrogen-bond acceptors (Lipinski definition) is 4. The molecule has 24 heavy (non-hydrogen) atoms. The van der Waals surface area contributed by atoms with Gasteiger partial charge in [-0.1, -0.05) is 25.5 Å². The van der Waals surface area contributed by atoms with Gasteiger partial charge >= 0.3 is 5.97 Å². The van der Waals surface area contributed by atoms with E-state index >= 15 is 0 Å². The molecule has 4 rings (SSSR count). The van der Waals surface area contributed by atoms with Crippen molar-refractivity contribution in [3.63, 3.8) is 0 Å². The number of ether oxygens (including phenoxy) is 1. The average Bonchev–Trinajstić information content (AvgIpc) is 3.25. The molecule has 0 aromatic rings. The fourth-order valence-electron chi connectivity index (χ4n) is 5.31. The van der Waals surface area contributed by atoms with E-state index in [9.17, 15) is 4.79 Å². The number of thioether (sulfide) groups is 2. The molecule has 132 valence electrons. The molecule has 0 N–H and O–H groups in total. The number of cyclic esters (lactones) is 1. The van der Waals surface area contributed by atoms with Crippen LogP contribution in [0.3, 0.4) is 0 Å². The van der Waals surface area contributed by atoms with Gasteiger partial charge in [0.05, 0.1) is 9.49 Å². The first-order valence-corrected chi connectivity index (χ1v) is 11.2. The Morgan fingerprint density at radius 1 is 1.25 bits per heavy atom. The van der Waals surface area contributed by atoms with Crippen molar-refractivity contribution in [3.05, 3.63) is 23.8 Å². The number of allylic oxidation sites excluding steroid dienone is 1. The molecule has 1 spiro atoms. The van der Waals surface area contributed by atoms with Gasteiger partial charge in [0.25, 0.3) is 0 Å². The zero-order valence-corrected chi connectivity index (χ0v) is 16.7. The molecule has 2 saturated heterocycles. The largest absolute Gasteiger partial charge is 0.461 e. The maximum Gasteiger partial charge on any atom is 0.316 e. The maximum atomic E-state index is 12.5. The van der Waals surface area contributed by atoms with Gasteiger partial charge in [-0.3, -0.25) is 4.79 Å². The second-order valence-corrected chi connectivity index (χ2v) is 11.4. The van der Waals surface area contributed by atoms with Crippen LogP contribution in [-0.2, 0) is 9.53 Å². The number of rotatable bonds is 2. The van der Waals surface area contributed by atoms with Crippen LogP contribution in [0.2, 0.25) is 0 Å². The van der Waals surface area contributed by atoms with Gasteiger partial charge in [0.2, 0.25) is 0 Å². The van der Waals surface area contributed by atoms with Crippen LogP contribution in [0.5, 0.6) is 0 Å². The van der Waals surface area contributed by atoms with Crippen LogP contribution in [0.1, 0.15) is 52.9 Å². The van der Waals surface area contributed by atoms with Crippen molar-refractivity contribution in [2.75, 3.05) is 11.5 Å². The van der Waals surface area contributed by atoms with Crippen LogP contribution in [-0.4, -0.2) is 27.7 Å². The highest BCUT2D eigenvalue weighted by molar-refractivity contribution is 8.21. The Labute approximate surface area is 154 Å². The summed E-state index contributed by atoms with van der Waals surface area (Å²) in [6.07, 6.45) is 7.55. The maximum absolute atomic E-state index is 12.5. The Morgan fingerprint density at radius 2 is 1.96 bits per heavy atom. The van der Waals surface area contributed by atoms with Gasteiger partial charge in [0, 0.05) is 23.3 Å². The van der Waals surface area contributed by atoms with Crippen LogP contribution >= 0.6 is 23.5 Å². The lowest BCUT2D eigenvalue weighted by Crippen LogP contribution is -2.46. The van der Waals surface area contributed by atoms with Crippen LogP contribution in [0.15, 0.2) is 23.8 Å². The summed E-state index contributed by atoms with van der Waals surface area (Å²) in [5.41, 5.74) is 2.80. The summed E-state index contributed by atoms with van der Waals surface area (Å²) in [5, 5.41) is 0. The monoisotopic (exact) mass is 364 g/mol. The topological polar surface area (TPSA) is 26.3 Å². The molecule has 0 bridgehead atoms.